The molecule has 2 fully saturated rings. The van der Waals surface area contributed by atoms with Crippen LogP contribution in [0.1, 0.15) is 68.0 Å². The van der Waals surface area contributed by atoms with Gasteiger partial charge in [0.25, 0.3) is 0 Å². The van der Waals surface area contributed by atoms with E-state index in [2.05, 4.69) is 18.2 Å². The smallest absolute Gasteiger partial charge is 0.124 e. The zero-order chi connectivity index (χ0) is 14.7. The van der Waals surface area contributed by atoms with E-state index < -0.39 is 0 Å². The zero-order valence-electron chi connectivity index (χ0n) is 12.9. The van der Waals surface area contributed by atoms with Crippen LogP contribution >= 0.6 is 0 Å². The molecule has 2 saturated carbocycles. The quantitative estimate of drug-likeness (QED) is 0.842. The van der Waals surface area contributed by atoms with Gasteiger partial charge in [-0.25, -0.2) is 0 Å². The van der Waals surface area contributed by atoms with E-state index in [-0.39, 0.29) is 6.04 Å². The Kier molecular flexibility index (Phi) is 4.81. The molecule has 0 aromatic heterocycles. The number of hydrogen-bond donors (Lipinski definition) is 2. The van der Waals surface area contributed by atoms with E-state index in [1.807, 2.05) is 0 Å². The average Bonchev–Trinajstić information content (AvgIpc) is 3.37. The minimum Gasteiger partial charge on any atom is -0.493 e. The molecule has 0 bridgehead atoms. The topological polar surface area (TPSA) is 61.3 Å². The number of nitrogens with two attached hydrogens (primary N) is 2. The molecule has 2 aliphatic carbocycles. The predicted molar refractivity (Wildman–Crippen MR) is 86.5 cm³/mol. The van der Waals surface area contributed by atoms with E-state index >= 15 is 0 Å². The van der Waals surface area contributed by atoms with Crippen LogP contribution in [0.15, 0.2) is 18.2 Å². The van der Waals surface area contributed by atoms with Gasteiger partial charge in [0.2, 0.25) is 0 Å². The summed E-state index contributed by atoms with van der Waals surface area (Å²) in [5.74, 6) is 2.39. The Morgan fingerprint density at radius 2 is 1.86 bits per heavy atom. The van der Waals surface area contributed by atoms with Crippen LogP contribution in [0.25, 0.3) is 0 Å². The Morgan fingerprint density at radius 1 is 1.10 bits per heavy atom. The van der Waals surface area contributed by atoms with Crippen molar-refractivity contribution in [2.45, 2.75) is 56.9 Å². The minimum atomic E-state index is -0.122. The molecule has 0 aliphatic heterocycles. The summed E-state index contributed by atoms with van der Waals surface area (Å²) in [7, 11) is 0. The molecule has 0 spiro atoms. The lowest BCUT2D eigenvalue weighted by molar-refractivity contribution is 0.295. The van der Waals surface area contributed by atoms with Crippen molar-refractivity contribution < 1.29 is 4.74 Å². The third kappa shape index (κ3) is 3.78. The molecule has 0 saturated heterocycles. The van der Waals surface area contributed by atoms with Crippen molar-refractivity contribution in [2.75, 3.05) is 13.2 Å². The summed E-state index contributed by atoms with van der Waals surface area (Å²) in [5, 5.41) is 0. The molecular weight excluding hydrogens is 260 g/mol. The van der Waals surface area contributed by atoms with Crippen molar-refractivity contribution in [1.29, 1.82) is 0 Å². The van der Waals surface area contributed by atoms with Crippen molar-refractivity contribution in [2.24, 2.45) is 17.4 Å². The van der Waals surface area contributed by atoms with E-state index in [0.717, 1.165) is 23.8 Å². The Bertz CT molecular complexity index is 464. The van der Waals surface area contributed by atoms with E-state index in [9.17, 15) is 0 Å². The van der Waals surface area contributed by atoms with Gasteiger partial charge in [0.05, 0.1) is 6.61 Å². The van der Waals surface area contributed by atoms with Gasteiger partial charge >= 0.3 is 0 Å². The second-order valence-electron chi connectivity index (χ2n) is 6.73. The lowest BCUT2D eigenvalue weighted by atomic mass is 9.83. The first kappa shape index (κ1) is 14.9. The molecule has 1 aromatic carbocycles. The second kappa shape index (κ2) is 6.80. The van der Waals surface area contributed by atoms with Crippen LogP contribution in [0.4, 0.5) is 0 Å². The molecule has 1 atom stereocenters. The van der Waals surface area contributed by atoms with Gasteiger partial charge in [0.15, 0.2) is 0 Å². The Morgan fingerprint density at radius 3 is 2.52 bits per heavy atom. The van der Waals surface area contributed by atoms with Crippen molar-refractivity contribution in [3.63, 3.8) is 0 Å². The zero-order valence-corrected chi connectivity index (χ0v) is 12.9. The van der Waals surface area contributed by atoms with Gasteiger partial charge < -0.3 is 16.2 Å². The van der Waals surface area contributed by atoms with Crippen LogP contribution in [0.5, 0.6) is 5.75 Å². The lowest BCUT2D eigenvalue weighted by Crippen LogP contribution is -2.22. The first-order valence-corrected chi connectivity index (χ1v) is 8.50. The van der Waals surface area contributed by atoms with Gasteiger partial charge in [-0.2, -0.15) is 0 Å². The fraction of sp³-hybridized carbons (Fsp3) is 0.667. The van der Waals surface area contributed by atoms with Crippen molar-refractivity contribution >= 4 is 0 Å². The number of rotatable bonds is 6. The van der Waals surface area contributed by atoms with Crippen molar-refractivity contribution in [3.05, 3.63) is 29.3 Å². The Balaban J connectivity index is 1.78. The van der Waals surface area contributed by atoms with Gasteiger partial charge in [-0.15, -0.1) is 0 Å². The molecule has 0 amide bonds. The van der Waals surface area contributed by atoms with Gasteiger partial charge in [0, 0.05) is 18.2 Å². The number of hydrogen-bond acceptors (Lipinski definition) is 3. The Labute approximate surface area is 128 Å². The highest BCUT2D eigenvalue weighted by molar-refractivity contribution is 5.41. The SMILES string of the molecule is NCC(N)c1cc(C2CCCCC2)ccc1OCC1CC1. The molecule has 3 nitrogen and oxygen atoms in total. The molecule has 116 valence electrons. The molecule has 0 heterocycles. The first-order chi connectivity index (χ1) is 10.3. The molecule has 3 heteroatoms. The van der Waals surface area contributed by atoms with Crippen LogP contribution < -0.4 is 16.2 Å². The van der Waals surface area contributed by atoms with Crippen LogP contribution in [-0.4, -0.2) is 13.2 Å². The van der Waals surface area contributed by atoms with Crippen LogP contribution in [0.3, 0.4) is 0 Å². The normalized spacial score (nSPS) is 21.2. The molecule has 0 radical (unpaired) electrons. The van der Waals surface area contributed by atoms with Gasteiger partial charge in [0.1, 0.15) is 5.75 Å². The number of benzene rings is 1. The van der Waals surface area contributed by atoms with Crippen LogP contribution in [-0.2, 0) is 0 Å². The fourth-order valence-electron chi connectivity index (χ4n) is 3.30. The maximum Gasteiger partial charge on any atom is 0.124 e. The Hall–Kier alpha value is -1.06. The summed E-state index contributed by atoms with van der Waals surface area (Å²) in [6.07, 6.45) is 9.30. The molecule has 1 aromatic rings. The summed E-state index contributed by atoms with van der Waals surface area (Å²) < 4.78 is 5.99. The predicted octanol–water partition coefficient (Wildman–Crippen LogP) is 3.48. The highest BCUT2D eigenvalue weighted by atomic mass is 16.5. The fourth-order valence-corrected chi connectivity index (χ4v) is 3.30. The summed E-state index contributed by atoms with van der Waals surface area (Å²) in [6.45, 7) is 1.29. The molecule has 4 N–H and O–H groups in total. The average molecular weight is 288 g/mol. The van der Waals surface area contributed by atoms with E-state index in [4.69, 9.17) is 16.2 Å². The lowest BCUT2D eigenvalue weighted by Gasteiger charge is -2.24. The van der Waals surface area contributed by atoms with Gasteiger partial charge in [-0.1, -0.05) is 31.4 Å². The first-order valence-electron chi connectivity index (χ1n) is 8.50. The summed E-state index contributed by atoms with van der Waals surface area (Å²) in [4.78, 5) is 0. The van der Waals surface area contributed by atoms with Crippen LogP contribution in [0.2, 0.25) is 0 Å². The molecule has 3 rings (SSSR count). The van der Waals surface area contributed by atoms with E-state index in [1.165, 1.54) is 50.5 Å². The van der Waals surface area contributed by atoms with Crippen LogP contribution in [0, 0.1) is 5.92 Å². The van der Waals surface area contributed by atoms with E-state index in [1.54, 1.807) is 0 Å². The maximum absolute atomic E-state index is 6.21. The largest absolute Gasteiger partial charge is 0.493 e. The number of ether oxygens (including phenoxy) is 1. The molecule has 21 heavy (non-hydrogen) atoms. The summed E-state index contributed by atoms with van der Waals surface area (Å²) in [6, 6.07) is 6.50. The van der Waals surface area contributed by atoms with E-state index in [0.29, 0.717) is 12.5 Å². The highest BCUT2D eigenvalue weighted by Gasteiger charge is 2.23. The van der Waals surface area contributed by atoms with Crippen molar-refractivity contribution in [3.8, 4) is 5.75 Å². The third-order valence-corrected chi connectivity index (χ3v) is 4.94. The monoisotopic (exact) mass is 288 g/mol. The third-order valence-electron chi connectivity index (χ3n) is 4.94. The summed E-state index contributed by atoms with van der Waals surface area (Å²) in [5.41, 5.74) is 14.5. The standard InChI is InChI=1S/C18H28N2O/c19-11-17(20)16-10-15(14-4-2-1-3-5-14)8-9-18(16)21-12-13-6-7-13/h8-10,13-14,17H,1-7,11-12,19-20H2. The molecular formula is C18H28N2O. The van der Waals surface area contributed by atoms with Crippen molar-refractivity contribution in [1.82, 2.24) is 0 Å². The second-order valence-corrected chi connectivity index (χ2v) is 6.73. The molecule has 2 aliphatic rings. The van der Waals surface area contributed by atoms with Gasteiger partial charge in [-0.3, -0.25) is 0 Å². The van der Waals surface area contributed by atoms with Gasteiger partial charge in [-0.05, 0) is 49.1 Å². The minimum absolute atomic E-state index is 0.122. The highest BCUT2D eigenvalue weighted by Crippen LogP contribution is 2.36. The summed E-state index contributed by atoms with van der Waals surface area (Å²) >= 11 is 0. The maximum atomic E-state index is 6.21. The molecule has 1 unspecified atom stereocenters.